The van der Waals surface area contributed by atoms with Crippen molar-refractivity contribution < 1.29 is 0 Å². The van der Waals surface area contributed by atoms with Crippen LogP contribution < -0.4 is 5.32 Å². The second-order valence-electron chi connectivity index (χ2n) is 3.64. The van der Waals surface area contributed by atoms with Crippen molar-refractivity contribution in [1.82, 2.24) is 9.55 Å². The minimum Gasteiger partial charge on any atom is -0.385 e. The molecule has 3 nitrogen and oxygen atoms in total. The smallest absolute Gasteiger partial charge is 0.110 e. The molecule has 2 rings (SSSR count). The SMILES string of the molecule is Cn1ccnc1CCNc1cccc(Cl)c1. The predicted molar refractivity (Wildman–Crippen MR) is 66.9 cm³/mol. The molecule has 0 unspecified atom stereocenters. The van der Waals surface area contributed by atoms with Gasteiger partial charge in [-0.1, -0.05) is 17.7 Å². The monoisotopic (exact) mass is 235 g/mol. The fourth-order valence-electron chi connectivity index (χ4n) is 1.55. The molecule has 0 saturated carbocycles. The van der Waals surface area contributed by atoms with E-state index < -0.39 is 0 Å². The van der Waals surface area contributed by atoms with Crippen molar-refractivity contribution in [2.75, 3.05) is 11.9 Å². The molecular formula is C12H14ClN3. The van der Waals surface area contributed by atoms with Crippen LogP contribution in [-0.2, 0) is 13.5 Å². The maximum Gasteiger partial charge on any atom is 0.110 e. The molecule has 2 aromatic rings. The van der Waals surface area contributed by atoms with Gasteiger partial charge in [-0.05, 0) is 18.2 Å². The second-order valence-corrected chi connectivity index (χ2v) is 4.08. The summed E-state index contributed by atoms with van der Waals surface area (Å²) in [4.78, 5) is 4.26. The van der Waals surface area contributed by atoms with Gasteiger partial charge in [0.25, 0.3) is 0 Å². The Morgan fingerprint density at radius 1 is 1.44 bits per heavy atom. The molecule has 16 heavy (non-hydrogen) atoms. The second kappa shape index (κ2) is 5.03. The lowest BCUT2D eigenvalue weighted by atomic mass is 10.3. The van der Waals surface area contributed by atoms with Gasteiger partial charge in [-0.3, -0.25) is 0 Å². The van der Waals surface area contributed by atoms with Crippen molar-refractivity contribution in [3.63, 3.8) is 0 Å². The van der Waals surface area contributed by atoms with Crippen molar-refractivity contribution in [3.8, 4) is 0 Å². The number of hydrogen-bond donors (Lipinski definition) is 1. The number of halogens is 1. The number of nitrogens with zero attached hydrogens (tertiary/aromatic N) is 2. The zero-order valence-electron chi connectivity index (χ0n) is 9.15. The Balaban J connectivity index is 1.87. The van der Waals surface area contributed by atoms with Crippen molar-refractivity contribution in [2.45, 2.75) is 6.42 Å². The lowest BCUT2D eigenvalue weighted by molar-refractivity contribution is 0.790. The van der Waals surface area contributed by atoms with Gasteiger partial charge in [-0.2, -0.15) is 0 Å². The van der Waals surface area contributed by atoms with Gasteiger partial charge in [-0.15, -0.1) is 0 Å². The molecule has 1 N–H and O–H groups in total. The first-order valence-electron chi connectivity index (χ1n) is 5.21. The van der Waals surface area contributed by atoms with Crippen molar-refractivity contribution in [1.29, 1.82) is 0 Å². The number of nitrogens with one attached hydrogen (secondary N) is 1. The summed E-state index contributed by atoms with van der Waals surface area (Å²) in [5.74, 6) is 1.08. The van der Waals surface area contributed by atoms with Gasteiger partial charge in [0, 0.05) is 43.1 Å². The summed E-state index contributed by atoms with van der Waals surface area (Å²) in [5, 5.41) is 4.07. The molecule has 1 heterocycles. The Morgan fingerprint density at radius 2 is 2.31 bits per heavy atom. The maximum atomic E-state index is 5.89. The summed E-state index contributed by atoms with van der Waals surface area (Å²) < 4.78 is 2.03. The van der Waals surface area contributed by atoms with Gasteiger partial charge in [0.15, 0.2) is 0 Å². The molecule has 0 saturated heterocycles. The quantitative estimate of drug-likeness (QED) is 0.883. The average Bonchev–Trinajstić information content (AvgIpc) is 2.65. The molecule has 0 fully saturated rings. The van der Waals surface area contributed by atoms with E-state index in [1.54, 1.807) is 0 Å². The van der Waals surface area contributed by atoms with E-state index in [-0.39, 0.29) is 0 Å². The fraction of sp³-hybridized carbons (Fsp3) is 0.250. The third-order valence-corrected chi connectivity index (χ3v) is 2.66. The Morgan fingerprint density at radius 3 is 3.00 bits per heavy atom. The summed E-state index contributed by atoms with van der Waals surface area (Å²) in [6.07, 6.45) is 4.67. The van der Waals surface area contributed by atoms with E-state index in [1.807, 2.05) is 48.3 Å². The number of aryl methyl sites for hydroxylation is 1. The lowest BCUT2D eigenvalue weighted by Gasteiger charge is -2.06. The first kappa shape index (κ1) is 11.0. The van der Waals surface area contributed by atoms with Crippen LogP contribution in [0.2, 0.25) is 5.02 Å². The van der Waals surface area contributed by atoms with Crippen molar-refractivity contribution >= 4 is 17.3 Å². The van der Waals surface area contributed by atoms with Crippen LogP contribution in [0, 0.1) is 0 Å². The standard InChI is InChI=1S/C12H14ClN3/c1-16-8-7-15-12(16)5-6-14-11-4-2-3-10(13)9-11/h2-4,7-9,14H,5-6H2,1H3. The molecule has 0 spiro atoms. The third kappa shape index (κ3) is 2.76. The van der Waals surface area contributed by atoms with Gasteiger partial charge in [0.2, 0.25) is 0 Å². The molecule has 1 aromatic heterocycles. The Bertz CT molecular complexity index is 465. The highest BCUT2D eigenvalue weighted by Crippen LogP contribution is 2.14. The van der Waals surface area contributed by atoms with Crippen LogP contribution in [0.1, 0.15) is 5.82 Å². The Labute approximate surface area is 100 Å². The number of imidazole rings is 1. The summed E-state index contributed by atoms with van der Waals surface area (Å²) in [5.41, 5.74) is 1.04. The van der Waals surface area contributed by atoms with Gasteiger partial charge in [-0.25, -0.2) is 4.98 Å². The van der Waals surface area contributed by atoms with E-state index in [1.165, 1.54) is 0 Å². The van der Waals surface area contributed by atoms with Crippen LogP contribution in [0.15, 0.2) is 36.7 Å². The summed E-state index contributed by atoms with van der Waals surface area (Å²) in [6, 6.07) is 7.72. The zero-order valence-corrected chi connectivity index (χ0v) is 9.91. The van der Waals surface area contributed by atoms with Gasteiger partial charge < -0.3 is 9.88 Å². The van der Waals surface area contributed by atoms with E-state index >= 15 is 0 Å². The molecule has 4 heteroatoms. The first-order valence-corrected chi connectivity index (χ1v) is 5.59. The molecule has 0 atom stereocenters. The number of aromatic nitrogens is 2. The Hall–Kier alpha value is -1.48. The minimum absolute atomic E-state index is 0.752. The van der Waals surface area contributed by atoms with Crippen molar-refractivity contribution in [2.24, 2.45) is 7.05 Å². The topological polar surface area (TPSA) is 29.9 Å². The average molecular weight is 236 g/mol. The summed E-state index contributed by atoms with van der Waals surface area (Å²) >= 11 is 5.89. The normalized spacial score (nSPS) is 10.4. The van der Waals surface area contributed by atoms with Crippen LogP contribution in [0.25, 0.3) is 0 Å². The number of rotatable bonds is 4. The van der Waals surface area contributed by atoms with Crippen LogP contribution >= 0.6 is 11.6 Å². The van der Waals surface area contributed by atoms with E-state index in [0.717, 1.165) is 29.5 Å². The van der Waals surface area contributed by atoms with E-state index in [4.69, 9.17) is 11.6 Å². The van der Waals surface area contributed by atoms with Crippen LogP contribution in [0.3, 0.4) is 0 Å². The Kier molecular flexibility index (Phi) is 3.47. The van der Waals surface area contributed by atoms with Crippen LogP contribution in [-0.4, -0.2) is 16.1 Å². The summed E-state index contributed by atoms with van der Waals surface area (Å²) in [7, 11) is 2.00. The number of hydrogen-bond acceptors (Lipinski definition) is 2. The van der Waals surface area contributed by atoms with Crippen molar-refractivity contribution in [3.05, 3.63) is 47.5 Å². The number of anilines is 1. The fourth-order valence-corrected chi connectivity index (χ4v) is 1.74. The molecule has 0 radical (unpaired) electrons. The molecule has 84 valence electrons. The lowest BCUT2D eigenvalue weighted by Crippen LogP contribution is -2.08. The summed E-state index contributed by atoms with van der Waals surface area (Å²) in [6.45, 7) is 0.852. The third-order valence-electron chi connectivity index (χ3n) is 2.42. The predicted octanol–water partition coefficient (Wildman–Crippen LogP) is 2.73. The molecule has 1 aromatic carbocycles. The molecular weight excluding hydrogens is 222 g/mol. The molecule has 0 amide bonds. The van der Waals surface area contributed by atoms with Gasteiger partial charge >= 0.3 is 0 Å². The van der Waals surface area contributed by atoms with E-state index in [9.17, 15) is 0 Å². The number of benzene rings is 1. The largest absolute Gasteiger partial charge is 0.385 e. The highest BCUT2D eigenvalue weighted by Gasteiger charge is 1.98. The van der Waals surface area contributed by atoms with Crippen LogP contribution in [0.5, 0.6) is 0 Å². The highest BCUT2D eigenvalue weighted by atomic mass is 35.5. The van der Waals surface area contributed by atoms with Gasteiger partial charge in [0.05, 0.1) is 0 Å². The zero-order chi connectivity index (χ0) is 11.4. The maximum absolute atomic E-state index is 5.89. The molecule has 0 aliphatic heterocycles. The minimum atomic E-state index is 0.752. The highest BCUT2D eigenvalue weighted by molar-refractivity contribution is 6.30. The van der Waals surface area contributed by atoms with E-state index in [0.29, 0.717) is 0 Å². The van der Waals surface area contributed by atoms with Crippen LogP contribution in [0.4, 0.5) is 5.69 Å². The van der Waals surface area contributed by atoms with Gasteiger partial charge in [0.1, 0.15) is 5.82 Å². The molecule has 0 aliphatic carbocycles. The molecule has 0 aliphatic rings. The van der Waals surface area contributed by atoms with E-state index in [2.05, 4.69) is 10.3 Å². The molecule has 0 bridgehead atoms. The first-order chi connectivity index (χ1) is 7.75.